The first kappa shape index (κ1) is 3.90. The largest absolute Gasteiger partial charge is 0.314 e. The summed E-state index contributed by atoms with van der Waals surface area (Å²) in [6.07, 6.45) is 4.42. The second-order valence-corrected chi connectivity index (χ2v) is 2.78. The van der Waals surface area contributed by atoms with Crippen LogP contribution in [-0.2, 0) is 0 Å². The minimum atomic E-state index is 0.921. The van der Waals surface area contributed by atoms with Crippen molar-refractivity contribution in [2.45, 2.75) is 25.3 Å². The van der Waals surface area contributed by atoms with Gasteiger partial charge in [-0.2, -0.15) is 0 Å². The van der Waals surface area contributed by atoms with Crippen LogP contribution < -0.4 is 5.32 Å². The lowest BCUT2D eigenvalue weighted by Crippen LogP contribution is -2.23. The van der Waals surface area contributed by atoms with Gasteiger partial charge in [-0.15, -0.1) is 0 Å². The Kier molecular flexibility index (Phi) is 0.680. The van der Waals surface area contributed by atoms with Gasteiger partial charge in [0.05, 0.1) is 0 Å². The molecule has 2 fully saturated rings. The first-order chi connectivity index (χ1) is 3.45. The molecule has 0 spiro atoms. The van der Waals surface area contributed by atoms with E-state index in [0.29, 0.717) is 0 Å². The highest BCUT2D eigenvalue weighted by Crippen LogP contribution is 2.29. The fourth-order valence-electron chi connectivity index (χ4n) is 1.78. The van der Waals surface area contributed by atoms with E-state index >= 15 is 0 Å². The normalized spacial score (nSPS) is 48.0. The molecule has 2 atom stereocenters. The van der Waals surface area contributed by atoms with Gasteiger partial charge < -0.3 is 5.32 Å². The predicted molar refractivity (Wildman–Crippen MR) is 29.1 cm³/mol. The Morgan fingerprint density at radius 3 is 2.43 bits per heavy atom. The van der Waals surface area contributed by atoms with Gasteiger partial charge in [0.2, 0.25) is 0 Å². The molecule has 1 aliphatic heterocycles. The number of hydrogen-bond acceptors (Lipinski definition) is 1. The number of nitrogens with one attached hydrogen (secondary N) is 1. The van der Waals surface area contributed by atoms with Crippen LogP contribution in [0, 0.1) is 5.92 Å². The Morgan fingerprint density at radius 1 is 1.29 bits per heavy atom. The first-order valence-corrected chi connectivity index (χ1v) is 3.18. The molecule has 0 aromatic rings. The van der Waals surface area contributed by atoms with Crippen molar-refractivity contribution in [1.82, 2.24) is 5.32 Å². The Bertz CT molecular complexity index is 62.2. The van der Waals surface area contributed by atoms with E-state index in [9.17, 15) is 0 Å². The third-order valence-electron chi connectivity index (χ3n) is 2.24. The summed E-state index contributed by atoms with van der Waals surface area (Å²) in [6.45, 7) is 1.31. The monoisotopic (exact) mass is 97.1 g/mol. The fourth-order valence-corrected chi connectivity index (χ4v) is 1.78. The van der Waals surface area contributed by atoms with Gasteiger partial charge >= 0.3 is 0 Å². The standard InChI is InChI=1S/C6H11N/c1-2-6-3-5(1)4-7-6/h5-7H,1-4H2/t5-,6?/m1/s1. The van der Waals surface area contributed by atoms with Crippen molar-refractivity contribution in [2.24, 2.45) is 5.92 Å². The topological polar surface area (TPSA) is 12.0 Å². The van der Waals surface area contributed by atoms with Gasteiger partial charge in [0, 0.05) is 6.04 Å². The molecule has 7 heavy (non-hydrogen) atoms. The molecule has 2 aliphatic rings. The van der Waals surface area contributed by atoms with E-state index in [-0.39, 0.29) is 0 Å². The zero-order valence-electron chi connectivity index (χ0n) is 4.48. The van der Waals surface area contributed by atoms with Gasteiger partial charge in [0.15, 0.2) is 0 Å². The summed E-state index contributed by atoms with van der Waals surface area (Å²) in [6, 6.07) is 0.921. The third-order valence-corrected chi connectivity index (χ3v) is 2.24. The van der Waals surface area contributed by atoms with E-state index in [4.69, 9.17) is 0 Å². The van der Waals surface area contributed by atoms with Gasteiger partial charge in [-0.3, -0.25) is 0 Å². The first-order valence-electron chi connectivity index (χ1n) is 3.18. The molecule has 1 saturated carbocycles. The molecule has 0 amide bonds. The molecule has 0 radical (unpaired) electrons. The van der Waals surface area contributed by atoms with E-state index in [1.165, 1.54) is 25.8 Å². The summed E-state index contributed by atoms with van der Waals surface area (Å²) < 4.78 is 0. The van der Waals surface area contributed by atoms with E-state index in [0.717, 1.165) is 12.0 Å². The van der Waals surface area contributed by atoms with Crippen molar-refractivity contribution in [3.8, 4) is 0 Å². The number of hydrogen-bond donors (Lipinski definition) is 1. The molecule has 1 nitrogen and oxygen atoms in total. The summed E-state index contributed by atoms with van der Waals surface area (Å²) >= 11 is 0. The van der Waals surface area contributed by atoms with Gasteiger partial charge in [-0.25, -0.2) is 0 Å². The molecule has 2 bridgehead atoms. The van der Waals surface area contributed by atoms with Gasteiger partial charge in [0.1, 0.15) is 0 Å². The molecule has 40 valence electrons. The van der Waals surface area contributed by atoms with Crippen LogP contribution in [0.25, 0.3) is 0 Å². The molecule has 1 heteroatoms. The highest BCUT2D eigenvalue weighted by molar-refractivity contribution is 4.88. The lowest BCUT2D eigenvalue weighted by atomic mass is 10.1. The van der Waals surface area contributed by atoms with Crippen LogP contribution in [0.1, 0.15) is 19.3 Å². The molecule has 1 saturated heterocycles. The number of fused-ring (bicyclic) bond motifs is 2. The summed E-state index contributed by atoms with van der Waals surface area (Å²) in [5.41, 5.74) is 0. The van der Waals surface area contributed by atoms with Gasteiger partial charge in [-0.05, 0) is 31.7 Å². The van der Waals surface area contributed by atoms with Crippen LogP contribution >= 0.6 is 0 Å². The van der Waals surface area contributed by atoms with Crippen LogP contribution in [0.5, 0.6) is 0 Å². The van der Waals surface area contributed by atoms with Crippen molar-refractivity contribution in [3.63, 3.8) is 0 Å². The predicted octanol–water partition coefficient (Wildman–Crippen LogP) is 0.758. The molecular weight excluding hydrogens is 86.1 g/mol. The smallest absolute Gasteiger partial charge is 0.00704 e. The van der Waals surface area contributed by atoms with Gasteiger partial charge in [-0.1, -0.05) is 0 Å². The van der Waals surface area contributed by atoms with Gasteiger partial charge in [0.25, 0.3) is 0 Å². The van der Waals surface area contributed by atoms with Crippen LogP contribution in [0.3, 0.4) is 0 Å². The second kappa shape index (κ2) is 1.22. The molecule has 2 rings (SSSR count). The molecule has 1 N–H and O–H groups in total. The quantitative estimate of drug-likeness (QED) is 0.470. The third kappa shape index (κ3) is 0.480. The number of piperidine rings is 1. The van der Waals surface area contributed by atoms with Crippen molar-refractivity contribution < 1.29 is 0 Å². The SMILES string of the molecule is C1C[C@H]2CNC1C2. The Morgan fingerprint density at radius 2 is 2.29 bits per heavy atom. The lowest BCUT2D eigenvalue weighted by Gasteiger charge is -2.08. The molecule has 1 aliphatic carbocycles. The summed E-state index contributed by atoms with van der Waals surface area (Å²) in [5.74, 6) is 1.06. The minimum Gasteiger partial charge on any atom is -0.314 e. The average Bonchev–Trinajstić information content (AvgIpc) is 2.22. The van der Waals surface area contributed by atoms with Crippen molar-refractivity contribution in [2.75, 3.05) is 6.54 Å². The molecule has 0 aromatic heterocycles. The molecule has 1 heterocycles. The highest BCUT2D eigenvalue weighted by Gasteiger charge is 2.30. The van der Waals surface area contributed by atoms with E-state index in [2.05, 4.69) is 5.32 Å². The maximum Gasteiger partial charge on any atom is 0.00704 e. The Labute approximate surface area is 44.1 Å². The molecule has 0 aromatic carbocycles. The van der Waals surface area contributed by atoms with Crippen molar-refractivity contribution in [3.05, 3.63) is 0 Å². The molecular formula is C6H11N. The summed E-state index contributed by atoms with van der Waals surface area (Å²) in [4.78, 5) is 0. The van der Waals surface area contributed by atoms with Crippen LogP contribution in [0.4, 0.5) is 0 Å². The van der Waals surface area contributed by atoms with Crippen LogP contribution in [0.2, 0.25) is 0 Å². The van der Waals surface area contributed by atoms with E-state index < -0.39 is 0 Å². The highest BCUT2D eigenvalue weighted by atomic mass is 15.0. The maximum atomic E-state index is 3.46. The van der Waals surface area contributed by atoms with Crippen LogP contribution in [-0.4, -0.2) is 12.6 Å². The summed E-state index contributed by atoms with van der Waals surface area (Å²) in [7, 11) is 0. The zero-order chi connectivity index (χ0) is 4.69. The zero-order valence-corrected chi connectivity index (χ0v) is 4.48. The Hall–Kier alpha value is -0.0400. The lowest BCUT2D eigenvalue weighted by molar-refractivity contribution is 0.504. The van der Waals surface area contributed by atoms with Crippen LogP contribution in [0.15, 0.2) is 0 Å². The second-order valence-electron chi connectivity index (χ2n) is 2.78. The molecule has 1 unspecified atom stereocenters. The summed E-state index contributed by atoms with van der Waals surface area (Å²) in [5, 5.41) is 3.46. The van der Waals surface area contributed by atoms with Crippen molar-refractivity contribution in [1.29, 1.82) is 0 Å². The minimum absolute atomic E-state index is 0.921. The maximum absolute atomic E-state index is 3.46. The van der Waals surface area contributed by atoms with Crippen molar-refractivity contribution >= 4 is 0 Å². The fraction of sp³-hybridized carbons (Fsp3) is 1.00. The average molecular weight is 97.2 g/mol. The number of rotatable bonds is 0. The Balaban J connectivity index is 2.12. The van der Waals surface area contributed by atoms with E-state index in [1.54, 1.807) is 0 Å². The van der Waals surface area contributed by atoms with E-state index in [1.807, 2.05) is 0 Å².